The van der Waals surface area contributed by atoms with Gasteiger partial charge in [0.2, 0.25) is 0 Å². The number of rotatable bonds is 1. The van der Waals surface area contributed by atoms with Crippen molar-refractivity contribution in [1.82, 2.24) is 0 Å². The van der Waals surface area contributed by atoms with E-state index in [4.69, 9.17) is 10.2 Å². The van der Waals surface area contributed by atoms with Gasteiger partial charge < -0.3 is 10.2 Å². The summed E-state index contributed by atoms with van der Waals surface area (Å²) in [5.41, 5.74) is 6.95. The lowest BCUT2D eigenvalue weighted by Crippen LogP contribution is -1.92. The van der Waals surface area contributed by atoms with E-state index >= 15 is 0 Å². The molecule has 0 atom stereocenters. The summed E-state index contributed by atoms with van der Waals surface area (Å²) in [6, 6.07) is 1.89. The normalized spacial score (nSPS) is 9.80. The summed E-state index contributed by atoms with van der Waals surface area (Å²) in [5.74, 6) is 1.71. The zero-order chi connectivity index (χ0) is 7.72. The first-order chi connectivity index (χ1) is 4.61. The van der Waals surface area contributed by atoms with E-state index in [1.165, 1.54) is 0 Å². The molecule has 2 heteroatoms. The van der Waals surface area contributed by atoms with E-state index in [2.05, 4.69) is 6.58 Å². The maximum atomic E-state index is 5.47. The Labute approximate surface area is 60.3 Å². The topological polar surface area (TPSA) is 39.2 Å². The van der Waals surface area contributed by atoms with Gasteiger partial charge in [-0.05, 0) is 19.9 Å². The second-order valence-corrected chi connectivity index (χ2v) is 2.35. The average Bonchev–Trinajstić information content (AvgIpc) is 2.10. The van der Waals surface area contributed by atoms with Crippen molar-refractivity contribution in [2.45, 2.75) is 13.8 Å². The summed E-state index contributed by atoms with van der Waals surface area (Å²) >= 11 is 0. The second-order valence-electron chi connectivity index (χ2n) is 2.35. The molecule has 0 aliphatic heterocycles. The third-order valence-corrected chi connectivity index (χ3v) is 1.39. The summed E-state index contributed by atoms with van der Waals surface area (Å²) in [5, 5.41) is 0. The summed E-state index contributed by atoms with van der Waals surface area (Å²) in [7, 11) is 0. The van der Waals surface area contributed by atoms with E-state index in [0.717, 1.165) is 17.1 Å². The fraction of sp³-hybridized carbons (Fsp3) is 0.250. The first kappa shape index (κ1) is 6.93. The van der Waals surface area contributed by atoms with Crippen LogP contribution < -0.4 is 5.73 Å². The first-order valence-electron chi connectivity index (χ1n) is 3.13. The zero-order valence-corrected chi connectivity index (χ0v) is 6.27. The van der Waals surface area contributed by atoms with Crippen molar-refractivity contribution in [2.24, 2.45) is 5.73 Å². The van der Waals surface area contributed by atoms with Crippen molar-refractivity contribution in [3.05, 3.63) is 29.7 Å². The lowest BCUT2D eigenvalue weighted by Gasteiger charge is -1.92. The van der Waals surface area contributed by atoms with Crippen molar-refractivity contribution in [2.75, 3.05) is 0 Å². The summed E-state index contributed by atoms with van der Waals surface area (Å²) in [4.78, 5) is 0. The van der Waals surface area contributed by atoms with Gasteiger partial charge in [0.25, 0.3) is 0 Å². The minimum absolute atomic E-state index is 0.564. The van der Waals surface area contributed by atoms with E-state index in [0.29, 0.717) is 5.70 Å². The molecule has 0 aromatic carbocycles. The Hall–Kier alpha value is -1.18. The summed E-state index contributed by atoms with van der Waals surface area (Å²) in [6.45, 7) is 7.38. The van der Waals surface area contributed by atoms with Gasteiger partial charge in [0.05, 0.1) is 0 Å². The third-order valence-electron chi connectivity index (χ3n) is 1.39. The zero-order valence-electron chi connectivity index (χ0n) is 6.27. The number of aryl methyl sites for hydroxylation is 2. The molecule has 0 fully saturated rings. The second kappa shape index (κ2) is 2.21. The highest BCUT2D eigenvalue weighted by atomic mass is 16.3. The highest BCUT2D eigenvalue weighted by molar-refractivity contribution is 5.61. The molecule has 1 rings (SSSR count). The molecule has 0 aliphatic rings. The maximum absolute atomic E-state index is 5.47. The smallest absolute Gasteiger partial charge is 0.110 e. The molecule has 1 aromatic heterocycles. The summed E-state index contributed by atoms with van der Waals surface area (Å²) < 4.78 is 5.23. The number of hydrogen-bond donors (Lipinski definition) is 1. The number of hydrogen-bond acceptors (Lipinski definition) is 2. The number of furan rings is 1. The van der Waals surface area contributed by atoms with Crippen LogP contribution in [-0.2, 0) is 0 Å². The van der Waals surface area contributed by atoms with Crippen LogP contribution in [0.25, 0.3) is 5.70 Å². The molecule has 0 saturated heterocycles. The van der Waals surface area contributed by atoms with Crippen LogP contribution in [0.2, 0.25) is 0 Å². The molecule has 0 spiro atoms. The van der Waals surface area contributed by atoms with Crippen LogP contribution in [0.4, 0.5) is 0 Å². The molecular formula is C8H11NO. The van der Waals surface area contributed by atoms with E-state index in [1.54, 1.807) is 0 Å². The Morgan fingerprint density at radius 3 is 2.40 bits per heavy atom. The van der Waals surface area contributed by atoms with Gasteiger partial charge >= 0.3 is 0 Å². The van der Waals surface area contributed by atoms with Crippen LogP contribution in [0.5, 0.6) is 0 Å². The fourth-order valence-electron chi connectivity index (χ4n) is 0.950. The molecule has 2 nitrogen and oxygen atoms in total. The Morgan fingerprint density at radius 2 is 2.20 bits per heavy atom. The highest BCUT2D eigenvalue weighted by Crippen LogP contribution is 2.17. The fourth-order valence-corrected chi connectivity index (χ4v) is 0.950. The van der Waals surface area contributed by atoms with Crippen LogP contribution in [0.1, 0.15) is 17.1 Å². The van der Waals surface area contributed by atoms with E-state index < -0.39 is 0 Å². The molecule has 1 heterocycles. The molecule has 2 N–H and O–H groups in total. The third kappa shape index (κ3) is 1.05. The van der Waals surface area contributed by atoms with Crippen molar-refractivity contribution in [3.8, 4) is 0 Å². The Balaban J connectivity index is 3.15. The number of nitrogens with two attached hydrogens (primary N) is 1. The monoisotopic (exact) mass is 137 g/mol. The molecule has 0 unspecified atom stereocenters. The first-order valence-corrected chi connectivity index (χ1v) is 3.13. The van der Waals surface area contributed by atoms with E-state index in [1.807, 2.05) is 19.9 Å². The van der Waals surface area contributed by atoms with E-state index in [9.17, 15) is 0 Å². The SMILES string of the molecule is C=C(N)c1cc(C)oc1C. The van der Waals surface area contributed by atoms with Gasteiger partial charge in [0.1, 0.15) is 11.5 Å². The molecule has 54 valence electrons. The lowest BCUT2D eigenvalue weighted by atomic mass is 10.2. The molecule has 0 bridgehead atoms. The highest BCUT2D eigenvalue weighted by Gasteiger charge is 2.03. The minimum Gasteiger partial charge on any atom is -0.466 e. The maximum Gasteiger partial charge on any atom is 0.110 e. The molecule has 0 amide bonds. The van der Waals surface area contributed by atoms with Crippen LogP contribution in [-0.4, -0.2) is 0 Å². The quantitative estimate of drug-likeness (QED) is 0.641. The van der Waals surface area contributed by atoms with Crippen LogP contribution in [0.3, 0.4) is 0 Å². The Kier molecular flexibility index (Phi) is 1.53. The summed E-state index contributed by atoms with van der Waals surface area (Å²) in [6.07, 6.45) is 0. The van der Waals surface area contributed by atoms with Crippen molar-refractivity contribution in [3.63, 3.8) is 0 Å². The average molecular weight is 137 g/mol. The van der Waals surface area contributed by atoms with Gasteiger partial charge in [-0.1, -0.05) is 6.58 Å². The molecule has 0 saturated carbocycles. The van der Waals surface area contributed by atoms with Gasteiger partial charge in [-0.2, -0.15) is 0 Å². The van der Waals surface area contributed by atoms with Gasteiger partial charge in [-0.25, -0.2) is 0 Å². The predicted molar refractivity (Wildman–Crippen MR) is 41.4 cm³/mol. The molecule has 0 radical (unpaired) electrons. The molecule has 1 aromatic rings. The standard InChI is InChI=1S/C8H11NO/c1-5-4-8(6(2)9)7(3)10-5/h4H,2,9H2,1,3H3. The predicted octanol–water partition coefficient (Wildman–Crippen LogP) is 1.83. The minimum atomic E-state index is 0.564. The Bertz CT molecular complexity index is 260. The van der Waals surface area contributed by atoms with Crippen molar-refractivity contribution >= 4 is 5.70 Å². The molecule has 10 heavy (non-hydrogen) atoms. The van der Waals surface area contributed by atoms with E-state index in [-0.39, 0.29) is 0 Å². The van der Waals surface area contributed by atoms with Gasteiger partial charge in [0, 0.05) is 11.3 Å². The van der Waals surface area contributed by atoms with Crippen LogP contribution in [0, 0.1) is 13.8 Å². The van der Waals surface area contributed by atoms with Gasteiger partial charge in [-0.15, -0.1) is 0 Å². The lowest BCUT2D eigenvalue weighted by molar-refractivity contribution is 0.504. The van der Waals surface area contributed by atoms with Crippen molar-refractivity contribution in [1.29, 1.82) is 0 Å². The van der Waals surface area contributed by atoms with Gasteiger partial charge in [-0.3, -0.25) is 0 Å². The van der Waals surface area contributed by atoms with Crippen molar-refractivity contribution < 1.29 is 4.42 Å². The molecular weight excluding hydrogens is 126 g/mol. The van der Waals surface area contributed by atoms with Gasteiger partial charge in [0.15, 0.2) is 0 Å². The van der Waals surface area contributed by atoms with Crippen LogP contribution >= 0.6 is 0 Å². The molecule has 0 aliphatic carbocycles. The van der Waals surface area contributed by atoms with Crippen LogP contribution in [0.15, 0.2) is 17.1 Å². The largest absolute Gasteiger partial charge is 0.466 e. The Morgan fingerprint density at radius 1 is 1.60 bits per heavy atom.